The maximum Gasteiger partial charge on any atom is 0.0664 e. The van der Waals surface area contributed by atoms with Crippen LogP contribution in [0.1, 0.15) is 32.4 Å². The molecule has 0 aliphatic carbocycles. The predicted molar refractivity (Wildman–Crippen MR) is 69.0 cm³/mol. The molecule has 1 atom stereocenters. The van der Waals surface area contributed by atoms with Crippen molar-refractivity contribution in [1.29, 1.82) is 0 Å². The normalized spacial score (nSPS) is 13.1. The molecule has 16 heavy (non-hydrogen) atoms. The van der Waals surface area contributed by atoms with Crippen molar-refractivity contribution in [3.8, 4) is 0 Å². The Bertz CT molecular complexity index is 297. The second-order valence-electron chi connectivity index (χ2n) is 4.04. The SMILES string of the molecule is CCNC(COC(C)C)c1ccc(Cl)cc1. The first kappa shape index (κ1) is 13.5. The van der Waals surface area contributed by atoms with Gasteiger partial charge in [-0.15, -0.1) is 0 Å². The quantitative estimate of drug-likeness (QED) is 0.824. The molecule has 0 aromatic heterocycles. The van der Waals surface area contributed by atoms with Gasteiger partial charge in [0.15, 0.2) is 0 Å². The summed E-state index contributed by atoms with van der Waals surface area (Å²) in [4.78, 5) is 0. The zero-order chi connectivity index (χ0) is 12.0. The molecule has 1 N–H and O–H groups in total. The number of halogens is 1. The van der Waals surface area contributed by atoms with Crippen molar-refractivity contribution in [1.82, 2.24) is 5.32 Å². The van der Waals surface area contributed by atoms with Crippen molar-refractivity contribution in [3.05, 3.63) is 34.9 Å². The van der Waals surface area contributed by atoms with Crippen LogP contribution in [-0.2, 0) is 4.74 Å². The van der Waals surface area contributed by atoms with E-state index in [-0.39, 0.29) is 12.1 Å². The molecule has 1 aromatic carbocycles. The van der Waals surface area contributed by atoms with Crippen molar-refractivity contribution in [2.24, 2.45) is 0 Å². The lowest BCUT2D eigenvalue weighted by Gasteiger charge is -2.20. The van der Waals surface area contributed by atoms with E-state index in [4.69, 9.17) is 16.3 Å². The Labute approximate surface area is 103 Å². The summed E-state index contributed by atoms with van der Waals surface area (Å²) in [5.41, 5.74) is 1.21. The topological polar surface area (TPSA) is 21.3 Å². The van der Waals surface area contributed by atoms with Crippen LogP contribution in [0.4, 0.5) is 0 Å². The molecule has 0 saturated heterocycles. The summed E-state index contributed by atoms with van der Waals surface area (Å²) in [5, 5.41) is 4.17. The Balaban J connectivity index is 2.64. The molecule has 0 heterocycles. The van der Waals surface area contributed by atoms with Crippen molar-refractivity contribution in [3.63, 3.8) is 0 Å². The minimum atomic E-state index is 0.240. The maximum absolute atomic E-state index is 5.87. The molecule has 90 valence electrons. The van der Waals surface area contributed by atoms with Gasteiger partial charge in [-0.25, -0.2) is 0 Å². The highest BCUT2D eigenvalue weighted by atomic mass is 35.5. The number of ether oxygens (including phenoxy) is 1. The van der Waals surface area contributed by atoms with Crippen LogP contribution in [0.3, 0.4) is 0 Å². The van der Waals surface area contributed by atoms with Gasteiger partial charge < -0.3 is 10.1 Å². The first-order valence-corrected chi connectivity index (χ1v) is 6.11. The number of hydrogen-bond acceptors (Lipinski definition) is 2. The molecule has 3 heteroatoms. The summed E-state index contributed by atoms with van der Waals surface area (Å²) in [6.07, 6.45) is 0.258. The minimum absolute atomic E-state index is 0.240. The molecule has 1 aromatic rings. The van der Waals surface area contributed by atoms with Crippen LogP contribution in [0.5, 0.6) is 0 Å². The number of benzene rings is 1. The van der Waals surface area contributed by atoms with E-state index < -0.39 is 0 Å². The second kappa shape index (κ2) is 6.89. The molecule has 0 aliphatic heterocycles. The summed E-state index contributed by atoms with van der Waals surface area (Å²) < 4.78 is 5.65. The Morgan fingerprint density at radius 3 is 2.38 bits per heavy atom. The van der Waals surface area contributed by atoms with E-state index in [9.17, 15) is 0 Å². The maximum atomic E-state index is 5.87. The monoisotopic (exact) mass is 241 g/mol. The fourth-order valence-electron chi connectivity index (χ4n) is 1.50. The van der Waals surface area contributed by atoms with Crippen LogP contribution in [0, 0.1) is 0 Å². The fraction of sp³-hybridized carbons (Fsp3) is 0.538. The predicted octanol–water partition coefficient (Wildman–Crippen LogP) is 3.42. The third-order valence-electron chi connectivity index (χ3n) is 2.32. The lowest BCUT2D eigenvalue weighted by atomic mass is 10.1. The Hall–Kier alpha value is -0.570. The van der Waals surface area contributed by atoms with Gasteiger partial charge in [-0.05, 0) is 38.1 Å². The molecular weight excluding hydrogens is 222 g/mol. The van der Waals surface area contributed by atoms with E-state index in [1.54, 1.807) is 0 Å². The van der Waals surface area contributed by atoms with Gasteiger partial charge in [0.05, 0.1) is 18.8 Å². The first-order chi connectivity index (χ1) is 7.63. The van der Waals surface area contributed by atoms with Gasteiger partial charge in [0.1, 0.15) is 0 Å². The van der Waals surface area contributed by atoms with Crippen LogP contribution < -0.4 is 5.32 Å². The largest absolute Gasteiger partial charge is 0.377 e. The van der Waals surface area contributed by atoms with Gasteiger partial charge >= 0.3 is 0 Å². The van der Waals surface area contributed by atoms with Gasteiger partial charge in [0.2, 0.25) is 0 Å². The van der Waals surface area contributed by atoms with Gasteiger partial charge in [-0.1, -0.05) is 30.7 Å². The van der Waals surface area contributed by atoms with Crippen molar-refractivity contribution in [2.45, 2.75) is 32.9 Å². The average Bonchev–Trinajstić information content (AvgIpc) is 2.25. The third-order valence-corrected chi connectivity index (χ3v) is 2.57. The standard InChI is InChI=1S/C13H20ClNO/c1-4-15-13(9-16-10(2)3)11-5-7-12(14)8-6-11/h5-8,10,13,15H,4,9H2,1-3H3. The van der Waals surface area contributed by atoms with E-state index in [1.165, 1.54) is 5.56 Å². The second-order valence-corrected chi connectivity index (χ2v) is 4.48. The molecule has 0 radical (unpaired) electrons. The van der Waals surface area contributed by atoms with E-state index in [1.807, 2.05) is 38.1 Å². The summed E-state index contributed by atoms with van der Waals surface area (Å²) in [5.74, 6) is 0. The Morgan fingerprint density at radius 1 is 1.25 bits per heavy atom. The van der Waals surface area contributed by atoms with Crippen LogP contribution >= 0.6 is 11.6 Å². The first-order valence-electron chi connectivity index (χ1n) is 5.74. The molecule has 0 saturated carbocycles. The number of hydrogen-bond donors (Lipinski definition) is 1. The van der Waals surface area contributed by atoms with Gasteiger partial charge in [0.25, 0.3) is 0 Å². The Morgan fingerprint density at radius 2 is 1.88 bits per heavy atom. The summed E-state index contributed by atoms with van der Waals surface area (Å²) in [6.45, 7) is 7.80. The van der Waals surface area contributed by atoms with E-state index in [2.05, 4.69) is 12.2 Å². The summed E-state index contributed by atoms with van der Waals surface area (Å²) >= 11 is 5.87. The van der Waals surface area contributed by atoms with E-state index >= 15 is 0 Å². The van der Waals surface area contributed by atoms with Gasteiger partial charge in [0, 0.05) is 5.02 Å². The molecule has 2 nitrogen and oxygen atoms in total. The minimum Gasteiger partial charge on any atom is -0.377 e. The molecule has 0 amide bonds. The highest BCUT2D eigenvalue weighted by molar-refractivity contribution is 6.30. The highest BCUT2D eigenvalue weighted by Crippen LogP contribution is 2.17. The van der Waals surface area contributed by atoms with E-state index in [0.717, 1.165) is 11.6 Å². The molecular formula is C13H20ClNO. The number of rotatable bonds is 6. The lowest BCUT2D eigenvalue weighted by molar-refractivity contribution is 0.0614. The zero-order valence-electron chi connectivity index (χ0n) is 10.2. The number of nitrogens with one attached hydrogen (secondary N) is 1. The zero-order valence-corrected chi connectivity index (χ0v) is 10.9. The van der Waals surface area contributed by atoms with Crippen LogP contribution in [0.25, 0.3) is 0 Å². The molecule has 0 aliphatic rings. The van der Waals surface area contributed by atoms with Crippen molar-refractivity contribution >= 4 is 11.6 Å². The lowest BCUT2D eigenvalue weighted by Crippen LogP contribution is -2.26. The summed E-state index contributed by atoms with van der Waals surface area (Å²) in [6, 6.07) is 8.15. The molecule has 0 bridgehead atoms. The molecule has 0 fully saturated rings. The summed E-state index contributed by atoms with van der Waals surface area (Å²) in [7, 11) is 0. The highest BCUT2D eigenvalue weighted by Gasteiger charge is 2.10. The van der Waals surface area contributed by atoms with Gasteiger partial charge in [-0.3, -0.25) is 0 Å². The Kier molecular flexibility index (Phi) is 5.81. The smallest absolute Gasteiger partial charge is 0.0664 e. The van der Waals surface area contributed by atoms with E-state index in [0.29, 0.717) is 6.61 Å². The van der Waals surface area contributed by atoms with Crippen molar-refractivity contribution < 1.29 is 4.74 Å². The molecule has 1 rings (SSSR count). The molecule has 0 spiro atoms. The van der Waals surface area contributed by atoms with Crippen LogP contribution in [-0.4, -0.2) is 19.3 Å². The van der Waals surface area contributed by atoms with Crippen LogP contribution in [0.15, 0.2) is 24.3 Å². The van der Waals surface area contributed by atoms with Crippen molar-refractivity contribution in [2.75, 3.05) is 13.2 Å². The fourth-order valence-corrected chi connectivity index (χ4v) is 1.63. The molecule has 1 unspecified atom stereocenters. The number of likely N-dealkylation sites (N-methyl/N-ethyl adjacent to an activating group) is 1. The average molecular weight is 242 g/mol. The third kappa shape index (κ3) is 4.52. The van der Waals surface area contributed by atoms with Crippen LogP contribution in [0.2, 0.25) is 5.02 Å². The van der Waals surface area contributed by atoms with Gasteiger partial charge in [-0.2, -0.15) is 0 Å².